The predicted molar refractivity (Wildman–Crippen MR) is 121 cm³/mol. The average Bonchev–Trinajstić information content (AvgIpc) is 3.12. The van der Waals surface area contributed by atoms with Crippen LogP contribution in [0.2, 0.25) is 0 Å². The van der Waals surface area contributed by atoms with Crippen molar-refractivity contribution < 1.29 is 19.4 Å². The minimum absolute atomic E-state index is 0.150. The van der Waals surface area contributed by atoms with Crippen LogP contribution in [0, 0.1) is 47.9 Å². The molecule has 3 aromatic rings. The van der Waals surface area contributed by atoms with Gasteiger partial charge in [-0.05, 0) is 62.3 Å². The van der Waals surface area contributed by atoms with Gasteiger partial charge in [0.2, 0.25) is 0 Å². The lowest BCUT2D eigenvalue weighted by Crippen LogP contribution is -2.25. The zero-order valence-corrected chi connectivity index (χ0v) is 18.8. The fourth-order valence-corrected chi connectivity index (χ4v) is 3.36. The molecule has 1 amide bonds. The molecule has 0 aliphatic carbocycles. The molecule has 3 rings (SSSR count). The molecule has 0 saturated carbocycles. The number of carbonyl (C=O) groups is 1. The Labute approximate surface area is 189 Å². The minimum atomic E-state index is -0.899. The van der Waals surface area contributed by atoms with Gasteiger partial charge in [-0.15, -0.1) is 0 Å². The Bertz CT molecular complexity index is 1270. The normalized spacial score (nSPS) is 11.7. The van der Waals surface area contributed by atoms with Crippen molar-refractivity contribution in [2.45, 2.75) is 40.7 Å². The summed E-state index contributed by atoms with van der Waals surface area (Å²) < 4.78 is 7.15. The molecule has 172 valence electrons. The molecular formula is C22H23N5O6. The number of nitrogens with one attached hydrogen (secondary N) is 1. The first-order chi connectivity index (χ1) is 15.5. The van der Waals surface area contributed by atoms with Crippen molar-refractivity contribution in [1.29, 1.82) is 0 Å². The van der Waals surface area contributed by atoms with E-state index >= 15 is 0 Å². The molecule has 11 heteroatoms. The quantitative estimate of drug-likeness (QED) is 0.395. The average molecular weight is 453 g/mol. The summed E-state index contributed by atoms with van der Waals surface area (Å²) in [5.74, 6) is -0.184. The number of nitrogens with zero attached hydrogens (tertiary/aromatic N) is 4. The number of rotatable bonds is 7. The molecular weight excluding hydrogens is 430 g/mol. The number of hydrogen-bond donors (Lipinski definition) is 1. The summed E-state index contributed by atoms with van der Waals surface area (Å²) in [6.45, 7) is 8.86. The molecule has 0 aliphatic rings. The molecule has 0 radical (unpaired) electrons. The van der Waals surface area contributed by atoms with Crippen LogP contribution in [0.1, 0.15) is 35.3 Å². The van der Waals surface area contributed by atoms with Gasteiger partial charge in [0, 0.05) is 12.1 Å². The molecule has 0 aliphatic heterocycles. The van der Waals surface area contributed by atoms with Gasteiger partial charge in [-0.25, -0.2) is 0 Å². The SMILES string of the molecule is Cc1cc(C)c(C)c(Oc2cc(NC(=O)C(C)n3nc([N+](=O)[O-])cc3C)cc([N+](=O)[O-])c2)c1. The van der Waals surface area contributed by atoms with Crippen LogP contribution in [0.15, 0.2) is 36.4 Å². The molecule has 11 nitrogen and oxygen atoms in total. The molecule has 2 aromatic carbocycles. The molecule has 0 bridgehead atoms. The van der Waals surface area contributed by atoms with E-state index in [0.29, 0.717) is 11.4 Å². The smallest absolute Gasteiger partial charge is 0.390 e. The Morgan fingerprint density at radius 3 is 2.33 bits per heavy atom. The second kappa shape index (κ2) is 9.07. The molecule has 1 atom stereocenters. The maximum absolute atomic E-state index is 12.8. The highest BCUT2D eigenvalue weighted by Gasteiger charge is 2.25. The number of aryl methyl sites for hydroxylation is 3. The van der Waals surface area contributed by atoms with Gasteiger partial charge in [0.25, 0.3) is 11.6 Å². The summed E-state index contributed by atoms with van der Waals surface area (Å²) in [7, 11) is 0. The van der Waals surface area contributed by atoms with Crippen LogP contribution in [0.3, 0.4) is 0 Å². The van der Waals surface area contributed by atoms with Crippen molar-refractivity contribution in [1.82, 2.24) is 9.78 Å². The van der Waals surface area contributed by atoms with E-state index in [1.54, 1.807) is 6.92 Å². The van der Waals surface area contributed by atoms with Gasteiger partial charge in [-0.1, -0.05) is 6.07 Å². The lowest BCUT2D eigenvalue weighted by molar-refractivity contribution is -0.389. The van der Waals surface area contributed by atoms with Gasteiger partial charge in [-0.2, -0.15) is 4.68 Å². The second-order valence-corrected chi connectivity index (χ2v) is 7.79. The van der Waals surface area contributed by atoms with Crippen LogP contribution in [-0.4, -0.2) is 25.5 Å². The lowest BCUT2D eigenvalue weighted by atomic mass is 10.1. The zero-order valence-electron chi connectivity index (χ0n) is 18.8. The molecule has 0 fully saturated rings. The summed E-state index contributed by atoms with van der Waals surface area (Å²) in [5, 5.41) is 28.9. The number of amides is 1. The number of aromatic nitrogens is 2. The number of benzene rings is 2. The Balaban J connectivity index is 1.90. The number of hydrogen-bond acceptors (Lipinski definition) is 7. The van der Waals surface area contributed by atoms with Crippen molar-refractivity contribution in [3.05, 3.63) is 79.0 Å². The number of anilines is 1. The first-order valence-corrected chi connectivity index (χ1v) is 10.0. The van der Waals surface area contributed by atoms with E-state index in [-0.39, 0.29) is 22.9 Å². The molecule has 33 heavy (non-hydrogen) atoms. The number of ether oxygens (including phenoxy) is 1. The molecule has 1 heterocycles. The Morgan fingerprint density at radius 1 is 1.03 bits per heavy atom. The van der Waals surface area contributed by atoms with Crippen LogP contribution in [0.25, 0.3) is 0 Å². The molecule has 1 unspecified atom stereocenters. The van der Waals surface area contributed by atoms with E-state index in [9.17, 15) is 25.0 Å². The highest BCUT2D eigenvalue weighted by Crippen LogP contribution is 2.33. The van der Waals surface area contributed by atoms with Crippen LogP contribution >= 0.6 is 0 Å². The summed E-state index contributed by atoms with van der Waals surface area (Å²) in [4.78, 5) is 34.0. The lowest BCUT2D eigenvalue weighted by Gasteiger charge is -2.14. The first-order valence-electron chi connectivity index (χ1n) is 10.0. The van der Waals surface area contributed by atoms with E-state index in [0.717, 1.165) is 16.7 Å². The summed E-state index contributed by atoms with van der Waals surface area (Å²) in [6.07, 6.45) is 0. The second-order valence-electron chi connectivity index (χ2n) is 7.79. The van der Waals surface area contributed by atoms with Crippen LogP contribution < -0.4 is 10.1 Å². The summed E-state index contributed by atoms with van der Waals surface area (Å²) >= 11 is 0. The fraction of sp³-hybridized carbons (Fsp3) is 0.273. The zero-order chi connectivity index (χ0) is 24.4. The van der Waals surface area contributed by atoms with Gasteiger partial charge >= 0.3 is 5.82 Å². The molecule has 0 saturated heterocycles. The highest BCUT2D eigenvalue weighted by molar-refractivity contribution is 5.94. The Morgan fingerprint density at radius 2 is 1.73 bits per heavy atom. The fourth-order valence-electron chi connectivity index (χ4n) is 3.36. The van der Waals surface area contributed by atoms with E-state index in [4.69, 9.17) is 4.74 Å². The van der Waals surface area contributed by atoms with Gasteiger partial charge in [0.1, 0.15) is 17.5 Å². The van der Waals surface area contributed by atoms with Gasteiger partial charge in [-0.3, -0.25) is 14.9 Å². The third-order valence-corrected chi connectivity index (χ3v) is 5.20. The van der Waals surface area contributed by atoms with Gasteiger partial charge in [0.05, 0.1) is 33.5 Å². The van der Waals surface area contributed by atoms with Gasteiger partial charge in [0.15, 0.2) is 0 Å². The van der Waals surface area contributed by atoms with E-state index < -0.39 is 21.8 Å². The maximum atomic E-state index is 12.8. The monoisotopic (exact) mass is 453 g/mol. The molecule has 0 spiro atoms. The topological polar surface area (TPSA) is 142 Å². The largest absolute Gasteiger partial charge is 0.457 e. The van der Waals surface area contributed by atoms with Crippen molar-refractivity contribution in [3.63, 3.8) is 0 Å². The summed E-state index contributed by atoms with van der Waals surface area (Å²) in [6, 6.07) is 8.16. The number of non-ortho nitro benzene ring substituents is 1. The highest BCUT2D eigenvalue weighted by atomic mass is 16.6. The molecule has 1 N–H and O–H groups in total. The number of carbonyl (C=O) groups excluding carboxylic acids is 1. The predicted octanol–water partition coefficient (Wildman–Crippen LogP) is 4.93. The third kappa shape index (κ3) is 5.14. The van der Waals surface area contributed by atoms with Crippen molar-refractivity contribution in [2.24, 2.45) is 0 Å². The maximum Gasteiger partial charge on any atom is 0.390 e. The van der Waals surface area contributed by atoms with Crippen molar-refractivity contribution >= 4 is 23.1 Å². The number of nitro benzene ring substituents is 1. The number of nitro groups is 2. The van der Waals surface area contributed by atoms with E-state index in [2.05, 4.69) is 10.4 Å². The van der Waals surface area contributed by atoms with Crippen molar-refractivity contribution in [2.75, 3.05) is 5.32 Å². The van der Waals surface area contributed by atoms with E-state index in [1.807, 2.05) is 32.9 Å². The van der Waals surface area contributed by atoms with Gasteiger partial charge < -0.3 is 20.2 Å². The Kier molecular flexibility index (Phi) is 6.43. The minimum Gasteiger partial charge on any atom is -0.457 e. The summed E-state index contributed by atoms with van der Waals surface area (Å²) in [5.41, 5.74) is 3.20. The Hall–Kier alpha value is -4.28. The van der Waals surface area contributed by atoms with Crippen LogP contribution in [0.4, 0.5) is 17.2 Å². The van der Waals surface area contributed by atoms with Crippen LogP contribution in [-0.2, 0) is 4.79 Å². The standard InChI is InChI=1S/C22H23N5O6/c1-12-6-13(2)15(4)20(7-12)33-19-10-17(9-18(11-19)26(29)30)23-22(28)16(5)25-14(3)8-21(24-25)27(31)32/h6-11,16H,1-5H3,(H,23,28). The third-order valence-electron chi connectivity index (χ3n) is 5.20. The van der Waals surface area contributed by atoms with E-state index in [1.165, 1.54) is 35.9 Å². The van der Waals surface area contributed by atoms with Crippen molar-refractivity contribution in [3.8, 4) is 11.5 Å². The molecule has 1 aromatic heterocycles. The van der Waals surface area contributed by atoms with Crippen LogP contribution in [0.5, 0.6) is 11.5 Å². The first kappa shape index (κ1) is 23.4.